The van der Waals surface area contributed by atoms with Gasteiger partial charge in [-0.25, -0.2) is 9.98 Å². The molecule has 0 bridgehead atoms. The molecule has 2 aliphatic rings. The highest BCUT2D eigenvalue weighted by Crippen LogP contribution is 2.37. The molecule has 2 heterocycles. The SMILES string of the molecule is CC(C)C1COC(c2ccccc2P(c2ccccc2)c2ccccc2C2=NC(C(C)C)CO2)=N1. The second-order valence-electron chi connectivity index (χ2n) is 9.82. The van der Waals surface area contributed by atoms with Gasteiger partial charge in [0.25, 0.3) is 0 Å². The van der Waals surface area contributed by atoms with Gasteiger partial charge in [-0.1, -0.05) is 94.4 Å². The number of aliphatic imine (C=N–C) groups is 2. The normalized spacial score (nSPS) is 20.4. The topological polar surface area (TPSA) is 43.2 Å². The molecule has 0 radical (unpaired) electrons. The minimum Gasteiger partial charge on any atom is -0.475 e. The highest BCUT2D eigenvalue weighted by molar-refractivity contribution is 7.80. The maximum atomic E-state index is 6.16. The number of rotatable bonds is 7. The fourth-order valence-corrected chi connectivity index (χ4v) is 7.02. The standard InChI is InChI=1S/C30H33N2O2P/c1-20(2)25-18-33-29(31-25)23-14-8-10-16-27(23)35(22-12-6-5-7-13-22)28-17-11-9-15-24(28)30-32-26(19-34-30)21(3)4/h5-17,20-21,25-26H,18-19H2,1-4H3. The summed E-state index contributed by atoms with van der Waals surface area (Å²) in [5, 5.41) is 3.76. The minimum atomic E-state index is -0.901. The molecule has 4 nitrogen and oxygen atoms in total. The van der Waals surface area contributed by atoms with Crippen LogP contribution in [0.25, 0.3) is 0 Å². The second-order valence-corrected chi connectivity index (χ2v) is 12.0. The van der Waals surface area contributed by atoms with Crippen LogP contribution in [0.1, 0.15) is 38.8 Å². The molecular formula is C30H33N2O2P. The van der Waals surface area contributed by atoms with Crippen molar-refractivity contribution in [2.45, 2.75) is 39.8 Å². The summed E-state index contributed by atoms with van der Waals surface area (Å²) in [5.41, 5.74) is 2.16. The Morgan fingerprint density at radius 1 is 0.629 bits per heavy atom. The van der Waals surface area contributed by atoms with Crippen molar-refractivity contribution in [3.63, 3.8) is 0 Å². The summed E-state index contributed by atoms with van der Waals surface area (Å²) in [7, 11) is -0.901. The Kier molecular flexibility index (Phi) is 7.02. The van der Waals surface area contributed by atoms with Crippen LogP contribution in [0.4, 0.5) is 0 Å². The van der Waals surface area contributed by atoms with Gasteiger partial charge in [0.15, 0.2) is 0 Å². The van der Waals surface area contributed by atoms with Gasteiger partial charge in [0, 0.05) is 11.1 Å². The zero-order chi connectivity index (χ0) is 24.4. The molecule has 2 aliphatic heterocycles. The second kappa shape index (κ2) is 10.3. The van der Waals surface area contributed by atoms with Gasteiger partial charge in [-0.2, -0.15) is 0 Å². The van der Waals surface area contributed by atoms with Crippen molar-refractivity contribution in [3.05, 3.63) is 90.0 Å². The van der Waals surface area contributed by atoms with Gasteiger partial charge in [0.1, 0.15) is 13.2 Å². The summed E-state index contributed by atoms with van der Waals surface area (Å²) in [6, 6.07) is 28.3. The predicted octanol–water partition coefficient (Wildman–Crippen LogP) is 5.05. The lowest BCUT2D eigenvalue weighted by molar-refractivity contribution is 0.292. The van der Waals surface area contributed by atoms with Gasteiger partial charge in [0.2, 0.25) is 11.8 Å². The van der Waals surface area contributed by atoms with Crippen LogP contribution >= 0.6 is 7.92 Å². The van der Waals surface area contributed by atoms with E-state index in [1.54, 1.807) is 0 Å². The van der Waals surface area contributed by atoms with Crippen LogP contribution in [0.5, 0.6) is 0 Å². The fraction of sp³-hybridized carbons (Fsp3) is 0.333. The third-order valence-corrected chi connectivity index (χ3v) is 9.21. The molecule has 0 aliphatic carbocycles. The van der Waals surface area contributed by atoms with Gasteiger partial charge in [-0.3, -0.25) is 0 Å². The number of nitrogens with zero attached hydrogens (tertiary/aromatic N) is 2. The van der Waals surface area contributed by atoms with Gasteiger partial charge in [0.05, 0.1) is 12.1 Å². The first-order chi connectivity index (χ1) is 17.0. The number of hydrogen-bond acceptors (Lipinski definition) is 4. The summed E-state index contributed by atoms with van der Waals surface area (Å²) in [6.07, 6.45) is 0. The van der Waals surface area contributed by atoms with E-state index in [4.69, 9.17) is 19.5 Å². The molecule has 3 aromatic rings. The number of hydrogen-bond donors (Lipinski definition) is 0. The molecule has 0 fully saturated rings. The first-order valence-corrected chi connectivity index (χ1v) is 13.8. The average molecular weight is 485 g/mol. The van der Waals surface area contributed by atoms with Crippen molar-refractivity contribution in [2.24, 2.45) is 21.8 Å². The van der Waals surface area contributed by atoms with Gasteiger partial charge in [-0.15, -0.1) is 0 Å². The van der Waals surface area contributed by atoms with Crippen molar-refractivity contribution in [2.75, 3.05) is 13.2 Å². The summed E-state index contributed by atoms with van der Waals surface area (Å²) in [5.74, 6) is 2.41. The van der Waals surface area contributed by atoms with Crippen LogP contribution in [0.2, 0.25) is 0 Å². The van der Waals surface area contributed by atoms with E-state index >= 15 is 0 Å². The quantitative estimate of drug-likeness (QED) is 0.441. The maximum Gasteiger partial charge on any atom is 0.217 e. The van der Waals surface area contributed by atoms with E-state index in [2.05, 4.69) is 107 Å². The monoisotopic (exact) mass is 484 g/mol. The van der Waals surface area contributed by atoms with E-state index in [-0.39, 0.29) is 12.1 Å². The van der Waals surface area contributed by atoms with Crippen LogP contribution in [0.15, 0.2) is 88.8 Å². The van der Waals surface area contributed by atoms with Crippen LogP contribution in [-0.4, -0.2) is 37.1 Å². The fourth-order valence-electron chi connectivity index (χ4n) is 4.44. The van der Waals surface area contributed by atoms with E-state index in [9.17, 15) is 0 Å². The molecule has 2 atom stereocenters. The van der Waals surface area contributed by atoms with Crippen molar-refractivity contribution < 1.29 is 9.47 Å². The van der Waals surface area contributed by atoms with E-state index in [1.165, 1.54) is 15.9 Å². The highest BCUT2D eigenvalue weighted by atomic mass is 31.1. The van der Waals surface area contributed by atoms with Crippen LogP contribution in [0, 0.1) is 11.8 Å². The van der Waals surface area contributed by atoms with Crippen molar-refractivity contribution in [1.29, 1.82) is 0 Å². The molecule has 0 spiro atoms. The van der Waals surface area contributed by atoms with Crippen molar-refractivity contribution in [3.8, 4) is 0 Å². The largest absolute Gasteiger partial charge is 0.475 e. The Morgan fingerprint density at radius 2 is 1.06 bits per heavy atom. The molecule has 35 heavy (non-hydrogen) atoms. The third-order valence-electron chi connectivity index (χ3n) is 6.65. The van der Waals surface area contributed by atoms with Gasteiger partial charge >= 0.3 is 0 Å². The van der Waals surface area contributed by atoms with Crippen LogP contribution in [-0.2, 0) is 9.47 Å². The maximum absolute atomic E-state index is 6.16. The first-order valence-electron chi connectivity index (χ1n) is 12.5. The molecule has 180 valence electrons. The molecule has 0 amide bonds. The zero-order valence-electron chi connectivity index (χ0n) is 20.9. The van der Waals surface area contributed by atoms with Crippen molar-refractivity contribution >= 4 is 35.6 Å². The van der Waals surface area contributed by atoms with E-state index in [1.807, 2.05) is 0 Å². The molecule has 0 aromatic heterocycles. The smallest absolute Gasteiger partial charge is 0.217 e. The molecule has 0 saturated heterocycles. The zero-order valence-corrected chi connectivity index (χ0v) is 21.8. The van der Waals surface area contributed by atoms with Gasteiger partial charge < -0.3 is 9.47 Å². The summed E-state index contributed by atoms with van der Waals surface area (Å²) in [4.78, 5) is 9.95. The number of benzene rings is 3. The Hall–Kier alpha value is -2.97. The van der Waals surface area contributed by atoms with E-state index < -0.39 is 7.92 Å². The summed E-state index contributed by atoms with van der Waals surface area (Å²) < 4.78 is 12.3. The Balaban J connectivity index is 1.66. The van der Waals surface area contributed by atoms with Crippen LogP contribution in [0.3, 0.4) is 0 Å². The third kappa shape index (κ3) is 4.90. The number of ether oxygens (including phenoxy) is 2. The average Bonchev–Trinajstić information content (AvgIpc) is 3.57. The molecule has 5 heteroatoms. The molecule has 3 aromatic carbocycles. The van der Waals surface area contributed by atoms with Crippen LogP contribution < -0.4 is 15.9 Å². The Morgan fingerprint density at radius 3 is 1.49 bits per heavy atom. The molecule has 0 saturated carbocycles. The lowest BCUT2D eigenvalue weighted by atomic mass is 10.1. The molecule has 0 N–H and O–H groups in total. The van der Waals surface area contributed by atoms with E-state index in [0.29, 0.717) is 25.0 Å². The predicted molar refractivity (Wildman–Crippen MR) is 147 cm³/mol. The van der Waals surface area contributed by atoms with Crippen molar-refractivity contribution in [1.82, 2.24) is 0 Å². The summed E-state index contributed by atoms with van der Waals surface area (Å²) in [6.45, 7) is 10.1. The van der Waals surface area contributed by atoms with E-state index in [0.717, 1.165) is 22.9 Å². The highest BCUT2D eigenvalue weighted by Gasteiger charge is 2.31. The molecule has 5 rings (SSSR count). The lowest BCUT2D eigenvalue weighted by Crippen LogP contribution is -2.28. The minimum absolute atomic E-state index is 0.197. The Labute approximate surface area is 209 Å². The lowest BCUT2D eigenvalue weighted by Gasteiger charge is -2.24. The first kappa shape index (κ1) is 23.8. The van der Waals surface area contributed by atoms with Gasteiger partial charge in [-0.05, 0) is 47.8 Å². The summed E-state index contributed by atoms with van der Waals surface area (Å²) >= 11 is 0. The molecule has 2 unspecified atom stereocenters. The molecular weight excluding hydrogens is 451 g/mol. The Bertz CT molecular complexity index is 1160.